The summed E-state index contributed by atoms with van der Waals surface area (Å²) in [5.41, 5.74) is 1.13. The van der Waals surface area contributed by atoms with Gasteiger partial charge < -0.3 is 15.1 Å². The standard InChI is InChI=1S/C17H25N3O2/c1-14(12-15-6-4-3-5-7-15)17(22)18-13-16(21)20-10-8-19(2)9-11-20/h3-7,14H,8-13H2,1-2H3,(H,18,22). The van der Waals surface area contributed by atoms with Crippen LogP contribution in [-0.2, 0) is 16.0 Å². The molecule has 22 heavy (non-hydrogen) atoms. The van der Waals surface area contributed by atoms with Crippen LogP contribution in [-0.4, -0.2) is 61.4 Å². The van der Waals surface area contributed by atoms with Gasteiger partial charge in [-0.15, -0.1) is 0 Å². The molecule has 0 aromatic heterocycles. The summed E-state index contributed by atoms with van der Waals surface area (Å²) in [6.45, 7) is 5.26. The molecular formula is C17H25N3O2. The van der Waals surface area contributed by atoms with Crippen LogP contribution in [0.2, 0.25) is 0 Å². The van der Waals surface area contributed by atoms with E-state index in [4.69, 9.17) is 0 Å². The number of likely N-dealkylation sites (N-methyl/N-ethyl adjacent to an activating group) is 1. The molecule has 1 aromatic rings. The molecule has 1 saturated heterocycles. The summed E-state index contributed by atoms with van der Waals surface area (Å²) < 4.78 is 0. The van der Waals surface area contributed by atoms with Crippen LogP contribution >= 0.6 is 0 Å². The summed E-state index contributed by atoms with van der Waals surface area (Å²) in [6, 6.07) is 9.93. The Balaban J connectivity index is 1.73. The van der Waals surface area contributed by atoms with Crippen LogP contribution < -0.4 is 5.32 Å². The molecular weight excluding hydrogens is 278 g/mol. The van der Waals surface area contributed by atoms with Gasteiger partial charge in [0.05, 0.1) is 6.54 Å². The fraction of sp³-hybridized carbons (Fsp3) is 0.529. The van der Waals surface area contributed by atoms with Crippen LogP contribution in [0.5, 0.6) is 0 Å². The van der Waals surface area contributed by atoms with Crippen molar-refractivity contribution in [2.75, 3.05) is 39.8 Å². The van der Waals surface area contributed by atoms with E-state index in [0.717, 1.165) is 31.7 Å². The van der Waals surface area contributed by atoms with Crippen LogP contribution in [0.1, 0.15) is 12.5 Å². The summed E-state index contributed by atoms with van der Waals surface area (Å²) in [4.78, 5) is 28.2. The first-order valence-corrected chi connectivity index (χ1v) is 7.84. The van der Waals surface area contributed by atoms with Gasteiger partial charge in [-0.1, -0.05) is 37.3 Å². The smallest absolute Gasteiger partial charge is 0.242 e. The molecule has 1 aromatic carbocycles. The van der Waals surface area contributed by atoms with Crippen molar-refractivity contribution < 1.29 is 9.59 Å². The van der Waals surface area contributed by atoms with Gasteiger partial charge in [-0.25, -0.2) is 0 Å². The number of hydrogen-bond acceptors (Lipinski definition) is 3. The van der Waals surface area contributed by atoms with E-state index in [9.17, 15) is 9.59 Å². The van der Waals surface area contributed by atoms with Crippen LogP contribution in [0.3, 0.4) is 0 Å². The van der Waals surface area contributed by atoms with Crippen molar-refractivity contribution in [2.24, 2.45) is 5.92 Å². The van der Waals surface area contributed by atoms with Gasteiger partial charge in [0, 0.05) is 32.1 Å². The highest BCUT2D eigenvalue weighted by molar-refractivity contribution is 5.85. The fourth-order valence-electron chi connectivity index (χ4n) is 2.56. The number of nitrogens with zero attached hydrogens (tertiary/aromatic N) is 2. The lowest BCUT2D eigenvalue weighted by molar-refractivity contribution is -0.134. The second kappa shape index (κ2) is 7.94. The molecule has 1 fully saturated rings. The number of carbonyl (C=O) groups is 2. The van der Waals surface area contributed by atoms with E-state index in [0.29, 0.717) is 6.42 Å². The van der Waals surface area contributed by atoms with Crippen molar-refractivity contribution >= 4 is 11.8 Å². The number of carbonyl (C=O) groups excluding carboxylic acids is 2. The molecule has 1 N–H and O–H groups in total. The van der Waals surface area contributed by atoms with Gasteiger partial charge in [0.1, 0.15) is 0 Å². The third-order valence-electron chi connectivity index (χ3n) is 4.10. The second-order valence-corrected chi connectivity index (χ2v) is 5.99. The molecule has 1 aliphatic rings. The second-order valence-electron chi connectivity index (χ2n) is 5.99. The Kier molecular flexibility index (Phi) is 5.95. The molecule has 0 spiro atoms. The maximum atomic E-state index is 12.1. The minimum Gasteiger partial charge on any atom is -0.347 e. The highest BCUT2D eigenvalue weighted by Gasteiger charge is 2.20. The summed E-state index contributed by atoms with van der Waals surface area (Å²) in [5.74, 6) is -0.192. The number of benzene rings is 1. The van der Waals surface area contributed by atoms with E-state index in [1.54, 1.807) is 0 Å². The Labute approximate surface area is 132 Å². The van der Waals surface area contributed by atoms with Gasteiger partial charge in [0.15, 0.2) is 0 Å². The van der Waals surface area contributed by atoms with Crippen molar-refractivity contribution in [1.82, 2.24) is 15.1 Å². The molecule has 1 heterocycles. The third kappa shape index (κ3) is 4.84. The van der Waals surface area contributed by atoms with Crippen molar-refractivity contribution in [3.63, 3.8) is 0 Å². The molecule has 1 atom stereocenters. The average molecular weight is 303 g/mol. The van der Waals surface area contributed by atoms with E-state index in [-0.39, 0.29) is 24.3 Å². The first kappa shape index (κ1) is 16.5. The molecule has 0 saturated carbocycles. The zero-order valence-corrected chi connectivity index (χ0v) is 13.4. The predicted octanol–water partition coefficient (Wildman–Crippen LogP) is 0.755. The Morgan fingerprint density at radius 2 is 1.77 bits per heavy atom. The van der Waals surface area contributed by atoms with E-state index >= 15 is 0 Å². The molecule has 5 heteroatoms. The zero-order chi connectivity index (χ0) is 15.9. The molecule has 0 bridgehead atoms. The van der Waals surface area contributed by atoms with Gasteiger partial charge >= 0.3 is 0 Å². The Morgan fingerprint density at radius 1 is 1.14 bits per heavy atom. The van der Waals surface area contributed by atoms with Gasteiger partial charge in [-0.05, 0) is 19.0 Å². The van der Waals surface area contributed by atoms with Gasteiger partial charge in [0.2, 0.25) is 11.8 Å². The Morgan fingerprint density at radius 3 is 2.41 bits per heavy atom. The number of piperazine rings is 1. The van der Waals surface area contributed by atoms with Crippen LogP contribution in [0, 0.1) is 5.92 Å². The molecule has 1 unspecified atom stereocenters. The molecule has 120 valence electrons. The molecule has 1 aliphatic heterocycles. The molecule has 0 radical (unpaired) electrons. The zero-order valence-electron chi connectivity index (χ0n) is 13.4. The van der Waals surface area contributed by atoms with Gasteiger partial charge in [0.25, 0.3) is 0 Å². The SMILES string of the molecule is CC(Cc1ccccc1)C(=O)NCC(=O)N1CCN(C)CC1. The topological polar surface area (TPSA) is 52.7 Å². The maximum absolute atomic E-state index is 12.1. The lowest BCUT2D eigenvalue weighted by Crippen LogP contribution is -2.50. The summed E-state index contributed by atoms with van der Waals surface area (Å²) in [5, 5.41) is 2.77. The lowest BCUT2D eigenvalue weighted by Gasteiger charge is -2.32. The highest BCUT2D eigenvalue weighted by Crippen LogP contribution is 2.08. The molecule has 5 nitrogen and oxygen atoms in total. The molecule has 2 rings (SSSR count). The quantitative estimate of drug-likeness (QED) is 0.873. The monoisotopic (exact) mass is 303 g/mol. The normalized spacial score (nSPS) is 17.1. The highest BCUT2D eigenvalue weighted by atomic mass is 16.2. The lowest BCUT2D eigenvalue weighted by atomic mass is 10.0. The summed E-state index contributed by atoms with van der Waals surface area (Å²) in [6.07, 6.45) is 0.690. The average Bonchev–Trinajstić information content (AvgIpc) is 2.53. The molecule has 0 aliphatic carbocycles. The summed E-state index contributed by atoms with van der Waals surface area (Å²) >= 11 is 0. The first-order valence-electron chi connectivity index (χ1n) is 7.84. The van der Waals surface area contributed by atoms with Crippen LogP contribution in [0.4, 0.5) is 0 Å². The van der Waals surface area contributed by atoms with Crippen molar-refractivity contribution in [2.45, 2.75) is 13.3 Å². The van der Waals surface area contributed by atoms with Crippen molar-refractivity contribution in [3.8, 4) is 0 Å². The maximum Gasteiger partial charge on any atom is 0.242 e. The number of rotatable bonds is 5. The minimum atomic E-state index is -0.136. The van der Waals surface area contributed by atoms with Crippen molar-refractivity contribution in [3.05, 3.63) is 35.9 Å². The number of hydrogen-bond donors (Lipinski definition) is 1. The van der Waals surface area contributed by atoms with E-state index in [1.807, 2.05) is 42.2 Å². The van der Waals surface area contributed by atoms with Gasteiger partial charge in [-0.3, -0.25) is 9.59 Å². The van der Waals surface area contributed by atoms with Crippen LogP contribution in [0.15, 0.2) is 30.3 Å². The number of nitrogens with one attached hydrogen (secondary N) is 1. The predicted molar refractivity (Wildman–Crippen MR) is 86.4 cm³/mol. The molecule has 2 amide bonds. The van der Waals surface area contributed by atoms with Crippen LogP contribution in [0.25, 0.3) is 0 Å². The third-order valence-corrected chi connectivity index (χ3v) is 4.10. The van der Waals surface area contributed by atoms with E-state index in [1.165, 1.54) is 0 Å². The van der Waals surface area contributed by atoms with E-state index in [2.05, 4.69) is 17.3 Å². The first-order chi connectivity index (χ1) is 10.6. The largest absolute Gasteiger partial charge is 0.347 e. The fourth-order valence-corrected chi connectivity index (χ4v) is 2.56. The van der Waals surface area contributed by atoms with Gasteiger partial charge in [-0.2, -0.15) is 0 Å². The Hall–Kier alpha value is -1.88. The summed E-state index contributed by atoms with van der Waals surface area (Å²) in [7, 11) is 2.05. The van der Waals surface area contributed by atoms with Crippen molar-refractivity contribution in [1.29, 1.82) is 0 Å². The Bertz CT molecular complexity index is 496. The minimum absolute atomic E-state index is 0.00774. The number of amides is 2. The van der Waals surface area contributed by atoms with E-state index < -0.39 is 0 Å².